The molecule has 1 heterocycles. The highest BCUT2D eigenvalue weighted by Crippen LogP contribution is 2.43. The fraction of sp³-hybridized carbons (Fsp3) is 1.00. The molecule has 0 amide bonds. The summed E-state index contributed by atoms with van der Waals surface area (Å²) in [6.07, 6.45) is 8.25. The van der Waals surface area contributed by atoms with Crippen molar-refractivity contribution in [2.45, 2.75) is 62.3 Å². The summed E-state index contributed by atoms with van der Waals surface area (Å²) >= 11 is 0. The summed E-state index contributed by atoms with van der Waals surface area (Å²) in [6.45, 7) is 2.69. The number of hydrogen-bond donors (Lipinski definition) is 1. The van der Waals surface area contributed by atoms with Gasteiger partial charge in [0.1, 0.15) is 0 Å². The van der Waals surface area contributed by atoms with E-state index < -0.39 is 0 Å². The maximum absolute atomic E-state index is 6.10. The van der Waals surface area contributed by atoms with Gasteiger partial charge in [-0.3, -0.25) is 4.90 Å². The molecule has 3 aliphatic rings. The van der Waals surface area contributed by atoms with Gasteiger partial charge >= 0.3 is 0 Å². The smallest absolute Gasteiger partial charge is 0.0731 e. The maximum Gasteiger partial charge on any atom is 0.0731 e. The third-order valence-electron chi connectivity index (χ3n) is 5.27. The maximum atomic E-state index is 6.10. The Hall–Kier alpha value is -0.160. The SMILES string of the molecule is COC1CC(CN)(N2CCOC3CCCCC32)C1. The molecule has 18 heavy (non-hydrogen) atoms. The van der Waals surface area contributed by atoms with Crippen LogP contribution in [0.5, 0.6) is 0 Å². The van der Waals surface area contributed by atoms with Crippen LogP contribution in [-0.4, -0.2) is 55.5 Å². The minimum absolute atomic E-state index is 0.199. The van der Waals surface area contributed by atoms with Crippen molar-refractivity contribution in [1.82, 2.24) is 4.90 Å². The Labute approximate surface area is 110 Å². The first kappa shape index (κ1) is 12.9. The van der Waals surface area contributed by atoms with Gasteiger partial charge in [0.05, 0.1) is 18.8 Å². The summed E-state index contributed by atoms with van der Waals surface area (Å²) in [4.78, 5) is 2.68. The number of rotatable bonds is 3. The van der Waals surface area contributed by atoms with E-state index in [4.69, 9.17) is 15.2 Å². The highest BCUT2D eigenvalue weighted by Gasteiger charge is 2.52. The van der Waals surface area contributed by atoms with Gasteiger partial charge < -0.3 is 15.2 Å². The molecule has 2 N–H and O–H groups in total. The molecule has 0 aromatic carbocycles. The second kappa shape index (κ2) is 5.08. The average Bonchev–Trinajstić information content (AvgIpc) is 2.39. The van der Waals surface area contributed by atoms with Crippen LogP contribution in [0.25, 0.3) is 0 Å². The fourth-order valence-electron chi connectivity index (χ4n) is 4.16. The van der Waals surface area contributed by atoms with Crippen LogP contribution in [0.4, 0.5) is 0 Å². The van der Waals surface area contributed by atoms with Gasteiger partial charge in [-0.05, 0) is 25.7 Å². The van der Waals surface area contributed by atoms with Crippen molar-refractivity contribution in [3.05, 3.63) is 0 Å². The van der Waals surface area contributed by atoms with Gasteiger partial charge in [-0.15, -0.1) is 0 Å². The lowest BCUT2D eigenvalue weighted by Gasteiger charge is -2.59. The van der Waals surface area contributed by atoms with Crippen molar-refractivity contribution in [1.29, 1.82) is 0 Å². The van der Waals surface area contributed by atoms with E-state index in [2.05, 4.69) is 4.90 Å². The zero-order chi connectivity index (χ0) is 12.6. The lowest BCUT2D eigenvalue weighted by Crippen LogP contribution is -2.70. The largest absolute Gasteiger partial charge is 0.381 e. The van der Waals surface area contributed by atoms with Crippen LogP contribution in [0.2, 0.25) is 0 Å². The summed E-state index contributed by atoms with van der Waals surface area (Å²) in [5.74, 6) is 0. The molecule has 2 saturated carbocycles. The van der Waals surface area contributed by atoms with E-state index in [1.165, 1.54) is 25.7 Å². The quantitative estimate of drug-likeness (QED) is 0.820. The van der Waals surface area contributed by atoms with E-state index in [1.807, 2.05) is 7.11 Å². The molecule has 1 saturated heterocycles. The van der Waals surface area contributed by atoms with Crippen LogP contribution in [0, 0.1) is 0 Å². The third kappa shape index (κ3) is 1.99. The minimum atomic E-state index is 0.199. The van der Waals surface area contributed by atoms with Crippen LogP contribution >= 0.6 is 0 Å². The van der Waals surface area contributed by atoms with Gasteiger partial charge in [0.2, 0.25) is 0 Å². The van der Waals surface area contributed by atoms with Gasteiger partial charge in [0.15, 0.2) is 0 Å². The molecule has 0 bridgehead atoms. The zero-order valence-electron chi connectivity index (χ0n) is 11.4. The molecule has 0 spiro atoms. The summed E-state index contributed by atoms with van der Waals surface area (Å²) in [7, 11) is 1.81. The molecule has 1 aliphatic heterocycles. The number of morpholine rings is 1. The van der Waals surface area contributed by atoms with Gasteiger partial charge in [-0.2, -0.15) is 0 Å². The van der Waals surface area contributed by atoms with Gasteiger partial charge in [0.25, 0.3) is 0 Å². The Balaban J connectivity index is 1.73. The van der Waals surface area contributed by atoms with E-state index in [0.29, 0.717) is 18.2 Å². The predicted molar refractivity (Wildman–Crippen MR) is 70.5 cm³/mol. The molecule has 4 heteroatoms. The molecule has 2 aliphatic carbocycles. The highest BCUT2D eigenvalue weighted by molar-refractivity contribution is 5.08. The Morgan fingerprint density at radius 1 is 1.33 bits per heavy atom. The van der Waals surface area contributed by atoms with Crippen LogP contribution in [-0.2, 0) is 9.47 Å². The Bertz CT molecular complexity index is 290. The summed E-state index contributed by atoms with van der Waals surface area (Å²) in [5.41, 5.74) is 6.30. The number of nitrogens with zero attached hydrogens (tertiary/aromatic N) is 1. The summed E-state index contributed by atoms with van der Waals surface area (Å²) < 4.78 is 11.4. The molecule has 4 nitrogen and oxygen atoms in total. The first-order valence-corrected chi connectivity index (χ1v) is 7.40. The molecule has 0 aromatic rings. The minimum Gasteiger partial charge on any atom is -0.381 e. The number of nitrogens with two attached hydrogens (primary N) is 1. The first-order chi connectivity index (χ1) is 8.79. The molecular weight excluding hydrogens is 228 g/mol. The zero-order valence-corrected chi connectivity index (χ0v) is 11.4. The monoisotopic (exact) mass is 254 g/mol. The lowest BCUT2D eigenvalue weighted by atomic mass is 9.70. The Morgan fingerprint density at radius 2 is 2.11 bits per heavy atom. The van der Waals surface area contributed by atoms with Crippen molar-refractivity contribution < 1.29 is 9.47 Å². The number of ether oxygens (including phenoxy) is 2. The van der Waals surface area contributed by atoms with Crippen LogP contribution < -0.4 is 5.73 Å². The highest BCUT2D eigenvalue weighted by atomic mass is 16.5. The van der Waals surface area contributed by atoms with Crippen LogP contribution in [0.3, 0.4) is 0 Å². The van der Waals surface area contributed by atoms with E-state index >= 15 is 0 Å². The van der Waals surface area contributed by atoms with Crippen molar-refractivity contribution >= 4 is 0 Å². The molecular formula is C14H26N2O2. The van der Waals surface area contributed by atoms with Crippen LogP contribution in [0.1, 0.15) is 38.5 Å². The molecule has 0 radical (unpaired) electrons. The number of fused-ring (bicyclic) bond motifs is 1. The second-order valence-corrected chi connectivity index (χ2v) is 6.15. The molecule has 2 atom stereocenters. The molecule has 3 rings (SSSR count). The first-order valence-electron chi connectivity index (χ1n) is 7.40. The second-order valence-electron chi connectivity index (χ2n) is 6.15. The van der Waals surface area contributed by atoms with Crippen molar-refractivity contribution in [2.75, 3.05) is 26.8 Å². The lowest BCUT2D eigenvalue weighted by molar-refractivity contribution is -0.169. The molecule has 104 valence electrons. The average molecular weight is 254 g/mol. The van der Waals surface area contributed by atoms with Crippen molar-refractivity contribution in [2.24, 2.45) is 5.73 Å². The topological polar surface area (TPSA) is 47.7 Å². The Kier molecular flexibility index (Phi) is 3.63. The Morgan fingerprint density at radius 3 is 2.83 bits per heavy atom. The van der Waals surface area contributed by atoms with Gasteiger partial charge in [-0.25, -0.2) is 0 Å². The summed E-state index contributed by atoms with van der Waals surface area (Å²) in [5, 5.41) is 0. The number of hydrogen-bond acceptors (Lipinski definition) is 4. The molecule has 3 fully saturated rings. The van der Waals surface area contributed by atoms with E-state index in [0.717, 1.165) is 32.5 Å². The van der Waals surface area contributed by atoms with Gasteiger partial charge in [-0.1, -0.05) is 12.8 Å². The summed E-state index contributed by atoms with van der Waals surface area (Å²) in [6, 6.07) is 0.605. The predicted octanol–water partition coefficient (Wildman–Crippen LogP) is 1.14. The standard InChI is InChI=1S/C14H26N2O2/c1-17-11-8-14(9-11,10-15)16-6-7-18-13-5-3-2-4-12(13)16/h11-13H,2-10,15H2,1H3. The third-order valence-corrected chi connectivity index (χ3v) is 5.27. The molecule has 0 aromatic heterocycles. The van der Waals surface area contributed by atoms with E-state index in [-0.39, 0.29) is 5.54 Å². The van der Waals surface area contributed by atoms with E-state index in [9.17, 15) is 0 Å². The molecule has 2 unspecified atom stereocenters. The number of methoxy groups -OCH3 is 1. The van der Waals surface area contributed by atoms with Crippen molar-refractivity contribution in [3.8, 4) is 0 Å². The van der Waals surface area contributed by atoms with Gasteiger partial charge in [0, 0.05) is 31.8 Å². The van der Waals surface area contributed by atoms with Crippen LogP contribution in [0.15, 0.2) is 0 Å². The van der Waals surface area contributed by atoms with E-state index in [1.54, 1.807) is 0 Å². The normalized spacial score (nSPS) is 45.3. The fourth-order valence-corrected chi connectivity index (χ4v) is 4.16. The van der Waals surface area contributed by atoms with Crippen molar-refractivity contribution in [3.63, 3.8) is 0 Å².